The number of carbonyl (C=O) groups is 2. The van der Waals surface area contributed by atoms with E-state index in [0.29, 0.717) is 12.2 Å². The first-order valence-electron chi connectivity index (χ1n) is 9.14. The van der Waals surface area contributed by atoms with E-state index in [1.54, 1.807) is 13.0 Å². The zero-order valence-corrected chi connectivity index (χ0v) is 16.3. The molecule has 1 aliphatic rings. The molecule has 1 rings (SSSR count). The van der Waals surface area contributed by atoms with Crippen molar-refractivity contribution in [3.05, 3.63) is 11.6 Å². The zero-order valence-electron chi connectivity index (χ0n) is 16.3. The maximum absolute atomic E-state index is 12.7. The van der Waals surface area contributed by atoms with Gasteiger partial charge in [0.05, 0.1) is 18.8 Å². The lowest BCUT2D eigenvalue weighted by Gasteiger charge is -2.36. The van der Waals surface area contributed by atoms with Crippen LogP contribution in [0.15, 0.2) is 11.6 Å². The van der Waals surface area contributed by atoms with Crippen molar-refractivity contribution < 1.29 is 23.8 Å². The average Bonchev–Trinajstić information content (AvgIpc) is 2.50. The maximum atomic E-state index is 12.7. The lowest BCUT2D eigenvalue weighted by molar-refractivity contribution is -0.168. The average molecular weight is 355 g/mol. The number of rotatable bonds is 7. The molecule has 0 bridgehead atoms. The third kappa shape index (κ3) is 6.44. The fourth-order valence-corrected chi connectivity index (χ4v) is 2.88. The van der Waals surface area contributed by atoms with Crippen molar-refractivity contribution >= 4 is 11.9 Å². The molecule has 144 valence electrons. The number of carbonyl (C=O) groups excluding carboxylic acids is 2. The molecule has 0 amide bonds. The molecular weight excluding hydrogens is 322 g/mol. The molecule has 0 aromatic rings. The van der Waals surface area contributed by atoms with Crippen LogP contribution in [0.3, 0.4) is 0 Å². The third-order valence-electron chi connectivity index (χ3n) is 4.11. The summed E-state index contributed by atoms with van der Waals surface area (Å²) in [7, 11) is 0. The highest BCUT2D eigenvalue weighted by atomic mass is 16.6. The summed E-state index contributed by atoms with van der Waals surface area (Å²) in [6.45, 7) is 11.5. The fraction of sp³-hybridized carbons (Fsp3) is 0.789. The van der Waals surface area contributed by atoms with Gasteiger partial charge in [0.25, 0.3) is 0 Å². The highest BCUT2D eigenvalue weighted by Gasteiger charge is 2.42. The molecule has 0 radical (unpaired) electrons. The Morgan fingerprint density at radius 3 is 2.32 bits per heavy atom. The van der Waals surface area contributed by atoms with Crippen LogP contribution in [0, 0.1) is 5.92 Å². The lowest BCUT2D eigenvalue weighted by Crippen LogP contribution is -2.50. The van der Waals surface area contributed by atoms with Crippen LogP contribution in [-0.4, -0.2) is 42.4 Å². The van der Waals surface area contributed by atoms with Gasteiger partial charge in [-0.25, -0.2) is 4.79 Å². The van der Waals surface area contributed by atoms with Gasteiger partial charge >= 0.3 is 11.9 Å². The number of hydrogen-bond acceptors (Lipinski definition) is 6. The summed E-state index contributed by atoms with van der Waals surface area (Å²) in [6.07, 6.45) is 2.97. The summed E-state index contributed by atoms with van der Waals surface area (Å²) in [4.78, 5) is 24.8. The van der Waals surface area contributed by atoms with Gasteiger partial charge in [-0.3, -0.25) is 4.79 Å². The zero-order chi connectivity index (χ0) is 19.2. The first-order valence-corrected chi connectivity index (χ1v) is 9.14. The molecule has 0 fully saturated rings. The Bertz CT molecular complexity index is 491. The SMILES string of the molecule is CCOC(=O)C1=C[C@@H](OC(CC)CC)[C@H](C(=O)OC(C)(C)C)[C@H](N)C1. The summed E-state index contributed by atoms with van der Waals surface area (Å²) < 4.78 is 16.7. The van der Waals surface area contributed by atoms with E-state index in [1.807, 2.05) is 34.6 Å². The molecule has 6 nitrogen and oxygen atoms in total. The van der Waals surface area contributed by atoms with Crippen molar-refractivity contribution in [3.8, 4) is 0 Å². The van der Waals surface area contributed by atoms with Crippen molar-refractivity contribution in [2.45, 2.75) is 84.7 Å². The molecule has 2 N–H and O–H groups in total. The van der Waals surface area contributed by atoms with Gasteiger partial charge in [-0.15, -0.1) is 0 Å². The first kappa shape index (κ1) is 21.6. The van der Waals surface area contributed by atoms with Crippen LogP contribution in [0.25, 0.3) is 0 Å². The van der Waals surface area contributed by atoms with Crippen LogP contribution in [0.4, 0.5) is 0 Å². The minimum Gasteiger partial charge on any atom is -0.463 e. The van der Waals surface area contributed by atoms with Crippen LogP contribution in [0.1, 0.15) is 60.8 Å². The quantitative estimate of drug-likeness (QED) is 0.707. The predicted molar refractivity (Wildman–Crippen MR) is 95.9 cm³/mol. The third-order valence-corrected chi connectivity index (χ3v) is 4.11. The van der Waals surface area contributed by atoms with E-state index in [0.717, 1.165) is 12.8 Å². The van der Waals surface area contributed by atoms with E-state index < -0.39 is 35.6 Å². The molecular formula is C19H33NO5. The maximum Gasteiger partial charge on any atom is 0.333 e. The normalized spacial score (nSPS) is 24.0. The lowest BCUT2D eigenvalue weighted by atomic mass is 9.82. The molecule has 0 saturated carbocycles. The van der Waals surface area contributed by atoms with Gasteiger partial charge in [0.15, 0.2) is 0 Å². The molecule has 0 saturated heterocycles. The van der Waals surface area contributed by atoms with Gasteiger partial charge in [0.1, 0.15) is 11.5 Å². The predicted octanol–water partition coefficient (Wildman–Crippen LogP) is 2.74. The first-order chi connectivity index (χ1) is 11.6. The molecule has 0 aliphatic heterocycles. The van der Waals surface area contributed by atoms with Gasteiger partial charge < -0.3 is 19.9 Å². The molecule has 1 aliphatic carbocycles. The van der Waals surface area contributed by atoms with Crippen molar-refractivity contribution in [1.29, 1.82) is 0 Å². The highest BCUT2D eigenvalue weighted by molar-refractivity contribution is 5.89. The molecule has 6 heteroatoms. The Kier molecular flexibility index (Phi) is 8.09. The van der Waals surface area contributed by atoms with Crippen LogP contribution in [0.5, 0.6) is 0 Å². The Balaban J connectivity index is 3.11. The molecule has 3 atom stereocenters. The van der Waals surface area contributed by atoms with Crippen molar-refractivity contribution in [1.82, 2.24) is 0 Å². The second kappa shape index (κ2) is 9.34. The van der Waals surface area contributed by atoms with E-state index in [9.17, 15) is 9.59 Å². The van der Waals surface area contributed by atoms with Gasteiger partial charge in [-0.2, -0.15) is 0 Å². The summed E-state index contributed by atoms with van der Waals surface area (Å²) in [5, 5.41) is 0. The minimum absolute atomic E-state index is 0.0140. The van der Waals surface area contributed by atoms with Crippen LogP contribution < -0.4 is 5.73 Å². The molecule has 0 heterocycles. The van der Waals surface area contributed by atoms with Gasteiger partial charge in [0, 0.05) is 11.6 Å². The van der Waals surface area contributed by atoms with E-state index in [-0.39, 0.29) is 12.5 Å². The Morgan fingerprint density at radius 2 is 1.84 bits per heavy atom. The number of ether oxygens (including phenoxy) is 3. The monoisotopic (exact) mass is 355 g/mol. The molecule has 25 heavy (non-hydrogen) atoms. The van der Waals surface area contributed by atoms with Gasteiger partial charge in [-0.05, 0) is 53.0 Å². The molecule has 0 aromatic heterocycles. The van der Waals surface area contributed by atoms with Gasteiger partial charge in [-0.1, -0.05) is 13.8 Å². The topological polar surface area (TPSA) is 87.8 Å². The van der Waals surface area contributed by atoms with E-state index in [4.69, 9.17) is 19.9 Å². The summed E-state index contributed by atoms with van der Waals surface area (Å²) in [5.74, 6) is -1.44. The molecule has 0 unspecified atom stereocenters. The van der Waals surface area contributed by atoms with Crippen LogP contribution in [-0.2, 0) is 23.8 Å². The second-order valence-electron chi connectivity index (χ2n) is 7.38. The van der Waals surface area contributed by atoms with Gasteiger partial charge in [0.2, 0.25) is 0 Å². The van der Waals surface area contributed by atoms with Crippen LogP contribution in [0.2, 0.25) is 0 Å². The number of esters is 2. The smallest absolute Gasteiger partial charge is 0.333 e. The van der Waals surface area contributed by atoms with E-state index >= 15 is 0 Å². The molecule has 0 spiro atoms. The van der Waals surface area contributed by atoms with Crippen molar-refractivity contribution in [2.75, 3.05) is 6.61 Å². The van der Waals surface area contributed by atoms with E-state index in [1.165, 1.54) is 0 Å². The summed E-state index contributed by atoms with van der Waals surface area (Å²) in [5.41, 5.74) is 6.10. The Hall–Kier alpha value is -1.40. The highest BCUT2D eigenvalue weighted by Crippen LogP contribution is 2.30. The Labute approximate surface area is 151 Å². The summed E-state index contributed by atoms with van der Waals surface area (Å²) >= 11 is 0. The number of hydrogen-bond donors (Lipinski definition) is 1. The van der Waals surface area contributed by atoms with Crippen molar-refractivity contribution in [3.63, 3.8) is 0 Å². The van der Waals surface area contributed by atoms with Crippen LogP contribution >= 0.6 is 0 Å². The summed E-state index contributed by atoms with van der Waals surface area (Å²) in [6, 6.07) is -0.557. The largest absolute Gasteiger partial charge is 0.463 e. The standard InChI is InChI=1S/C19H33NO5/c1-7-13(8-2)24-15-11-12(17(21)23-9-3)10-14(20)16(15)18(22)25-19(4,5)6/h11,13-16H,7-10,20H2,1-6H3/t14-,15-,16-/m1/s1. The van der Waals surface area contributed by atoms with E-state index in [2.05, 4.69) is 0 Å². The fourth-order valence-electron chi connectivity index (χ4n) is 2.88. The number of nitrogens with two attached hydrogens (primary N) is 1. The van der Waals surface area contributed by atoms with Crippen molar-refractivity contribution in [2.24, 2.45) is 11.7 Å². The Morgan fingerprint density at radius 1 is 1.24 bits per heavy atom. The molecule has 0 aromatic carbocycles. The second-order valence-corrected chi connectivity index (χ2v) is 7.38. The minimum atomic E-state index is -0.641.